The van der Waals surface area contributed by atoms with Crippen LogP contribution in [0.1, 0.15) is 40.2 Å². The zero-order chi connectivity index (χ0) is 19.7. The van der Waals surface area contributed by atoms with Gasteiger partial charge in [-0.05, 0) is 44.4 Å². The number of fused-ring (bicyclic) bond motifs is 1. The number of ether oxygens (including phenoxy) is 1. The molecule has 0 saturated heterocycles. The molecule has 0 saturated carbocycles. The lowest BCUT2D eigenvalue weighted by molar-refractivity contribution is -0.122. The average Bonchev–Trinajstić information content (AvgIpc) is 3.07. The van der Waals surface area contributed by atoms with Gasteiger partial charge in [0.1, 0.15) is 5.00 Å². The molecule has 1 aliphatic heterocycles. The highest BCUT2D eigenvalue weighted by atomic mass is 32.1. The van der Waals surface area contributed by atoms with E-state index in [1.54, 1.807) is 11.8 Å². The van der Waals surface area contributed by atoms with Crippen molar-refractivity contribution in [3.63, 3.8) is 0 Å². The highest BCUT2D eigenvalue weighted by Gasteiger charge is 2.31. The second kappa shape index (κ2) is 7.52. The van der Waals surface area contributed by atoms with Gasteiger partial charge in [0.05, 0.1) is 5.56 Å². The minimum Gasteiger partial charge on any atom is -0.452 e. The number of thiophene rings is 1. The predicted octanol–water partition coefficient (Wildman–Crippen LogP) is 3.46. The summed E-state index contributed by atoms with van der Waals surface area (Å²) in [5.41, 5.74) is 3.05. The van der Waals surface area contributed by atoms with Crippen LogP contribution >= 0.6 is 11.3 Å². The topological polar surface area (TPSA) is 75.7 Å². The summed E-state index contributed by atoms with van der Waals surface area (Å²) >= 11 is 1.32. The minimum atomic E-state index is -0.603. The number of carbonyl (C=O) groups is 3. The van der Waals surface area contributed by atoms with Crippen LogP contribution in [0, 0.1) is 13.8 Å². The van der Waals surface area contributed by atoms with Gasteiger partial charge in [0.15, 0.2) is 6.61 Å². The molecular weight excluding hydrogens is 364 g/mol. The summed E-state index contributed by atoms with van der Waals surface area (Å²) in [5.74, 6) is -1.12. The van der Waals surface area contributed by atoms with E-state index in [0.29, 0.717) is 10.6 Å². The average molecular weight is 386 g/mol. The van der Waals surface area contributed by atoms with Crippen molar-refractivity contribution in [2.75, 3.05) is 16.8 Å². The second-order valence-corrected chi connectivity index (χ2v) is 7.92. The zero-order valence-corrected chi connectivity index (χ0v) is 16.6. The van der Waals surface area contributed by atoms with E-state index in [9.17, 15) is 14.4 Å². The third-order valence-electron chi connectivity index (χ3n) is 4.68. The van der Waals surface area contributed by atoms with Crippen molar-refractivity contribution in [2.45, 2.75) is 40.2 Å². The molecule has 2 aromatic rings. The first kappa shape index (κ1) is 19.1. The Morgan fingerprint density at radius 3 is 2.67 bits per heavy atom. The van der Waals surface area contributed by atoms with Crippen LogP contribution in [0.4, 0.5) is 10.7 Å². The molecule has 142 valence electrons. The summed E-state index contributed by atoms with van der Waals surface area (Å²) in [4.78, 5) is 39.3. The molecule has 1 aromatic carbocycles. The van der Waals surface area contributed by atoms with E-state index >= 15 is 0 Å². The molecule has 0 unspecified atom stereocenters. The lowest BCUT2D eigenvalue weighted by Crippen LogP contribution is -2.38. The number of nitrogens with one attached hydrogen (secondary N) is 1. The summed E-state index contributed by atoms with van der Waals surface area (Å²) in [5, 5.41) is 3.12. The molecule has 6 nitrogen and oxygen atoms in total. The molecule has 0 fully saturated rings. The number of amides is 2. The summed E-state index contributed by atoms with van der Waals surface area (Å²) in [6, 6.07) is 7.77. The minimum absolute atomic E-state index is 0.0219. The Balaban J connectivity index is 1.73. The fraction of sp³-hybridized carbons (Fsp3) is 0.350. The molecule has 0 radical (unpaired) electrons. The highest BCUT2D eigenvalue weighted by Crippen LogP contribution is 2.34. The van der Waals surface area contributed by atoms with Gasteiger partial charge in [0.2, 0.25) is 5.91 Å². The maximum atomic E-state index is 12.7. The van der Waals surface area contributed by atoms with Crippen molar-refractivity contribution < 1.29 is 19.1 Å². The van der Waals surface area contributed by atoms with Gasteiger partial charge in [0, 0.05) is 23.5 Å². The van der Waals surface area contributed by atoms with Crippen LogP contribution in [-0.4, -0.2) is 30.4 Å². The molecule has 1 N–H and O–H groups in total. The van der Waals surface area contributed by atoms with Gasteiger partial charge in [-0.15, -0.1) is 11.3 Å². The SMILES string of the molecule is CC(=O)Nc1sc(C)c(C)c1C(=O)OCC(=O)N1c2ccccc2C[C@H]1C. The van der Waals surface area contributed by atoms with Gasteiger partial charge < -0.3 is 15.0 Å². The van der Waals surface area contributed by atoms with Crippen LogP contribution in [-0.2, 0) is 20.7 Å². The Morgan fingerprint density at radius 1 is 1.26 bits per heavy atom. The van der Waals surface area contributed by atoms with Crippen LogP contribution < -0.4 is 10.2 Å². The van der Waals surface area contributed by atoms with Gasteiger partial charge in [-0.2, -0.15) is 0 Å². The van der Waals surface area contributed by atoms with Gasteiger partial charge in [-0.1, -0.05) is 18.2 Å². The molecule has 1 atom stereocenters. The third-order valence-corrected chi connectivity index (χ3v) is 5.80. The van der Waals surface area contributed by atoms with Crippen LogP contribution in [0.2, 0.25) is 0 Å². The van der Waals surface area contributed by atoms with Gasteiger partial charge in [-0.25, -0.2) is 4.79 Å². The lowest BCUT2D eigenvalue weighted by atomic mass is 10.1. The van der Waals surface area contributed by atoms with Gasteiger partial charge in [0.25, 0.3) is 5.91 Å². The maximum absolute atomic E-state index is 12.7. The first-order valence-electron chi connectivity index (χ1n) is 8.74. The monoisotopic (exact) mass is 386 g/mol. The van der Waals surface area contributed by atoms with E-state index in [1.165, 1.54) is 18.3 Å². The fourth-order valence-corrected chi connectivity index (χ4v) is 4.43. The van der Waals surface area contributed by atoms with Crippen molar-refractivity contribution >= 4 is 39.8 Å². The summed E-state index contributed by atoms with van der Waals surface area (Å²) in [6.45, 7) is 6.69. The number of anilines is 2. The lowest BCUT2D eigenvalue weighted by Gasteiger charge is -2.22. The number of rotatable bonds is 4. The summed E-state index contributed by atoms with van der Waals surface area (Å²) in [7, 11) is 0. The summed E-state index contributed by atoms with van der Waals surface area (Å²) in [6.07, 6.45) is 0.783. The maximum Gasteiger partial charge on any atom is 0.341 e. The van der Waals surface area contributed by atoms with Crippen LogP contribution in [0.3, 0.4) is 0 Å². The van der Waals surface area contributed by atoms with Gasteiger partial charge in [-0.3, -0.25) is 9.59 Å². The van der Waals surface area contributed by atoms with E-state index < -0.39 is 5.97 Å². The third kappa shape index (κ3) is 3.73. The number of nitrogens with zero attached hydrogens (tertiary/aromatic N) is 1. The van der Waals surface area contributed by atoms with E-state index in [4.69, 9.17) is 4.74 Å². The number of hydrogen-bond acceptors (Lipinski definition) is 5. The Kier molecular flexibility index (Phi) is 5.32. The Bertz CT molecular complexity index is 919. The number of aryl methyl sites for hydroxylation is 1. The Hall–Kier alpha value is -2.67. The number of esters is 1. The molecule has 2 amide bonds. The van der Waals surface area contributed by atoms with Crippen molar-refractivity contribution in [1.29, 1.82) is 0 Å². The predicted molar refractivity (Wildman–Crippen MR) is 105 cm³/mol. The molecule has 0 aliphatic carbocycles. The zero-order valence-electron chi connectivity index (χ0n) is 15.8. The normalized spacial score (nSPS) is 15.4. The first-order chi connectivity index (χ1) is 12.8. The van der Waals surface area contributed by atoms with Crippen LogP contribution in [0.15, 0.2) is 24.3 Å². The Morgan fingerprint density at radius 2 is 1.96 bits per heavy atom. The van der Waals surface area contributed by atoms with E-state index in [-0.39, 0.29) is 24.5 Å². The molecule has 0 bridgehead atoms. The standard InChI is InChI=1S/C20H22N2O4S/c1-11-9-15-7-5-6-8-16(15)22(11)17(24)10-26-20(25)18-12(2)13(3)27-19(18)21-14(4)23/h5-8,11H,9-10H2,1-4H3,(H,21,23)/t11-/m1/s1. The van der Waals surface area contributed by atoms with Crippen molar-refractivity contribution in [1.82, 2.24) is 0 Å². The summed E-state index contributed by atoms with van der Waals surface area (Å²) < 4.78 is 5.31. The number of benzene rings is 1. The quantitative estimate of drug-likeness (QED) is 0.817. The number of carbonyl (C=O) groups excluding carboxylic acids is 3. The largest absolute Gasteiger partial charge is 0.452 e. The molecule has 3 rings (SSSR count). The van der Waals surface area contributed by atoms with Crippen molar-refractivity contribution in [2.24, 2.45) is 0 Å². The van der Waals surface area contributed by atoms with E-state index in [1.807, 2.05) is 38.1 Å². The molecule has 0 spiro atoms. The first-order valence-corrected chi connectivity index (χ1v) is 9.56. The molecule has 2 heterocycles. The second-order valence-electron chi connectivity index (χ2n) is 6.69. The fourth-order valence-electron chi connectivity index (χ4n) is 3.34. The Labute approximate surface area is 162 Å². The van der Waals surface area contributed by atoms with Crippen molar-refractivity contribution in [3.8, 4) is 0 Å². The van der Waals surface area contributed by atoms with Gasteiger partial charge >= 0.3 is 5.97 Å². The van der Waals surface area contributed by atoms with E-state index in [2.05, 4.69) is 5.32 Å². The molecule has 7 heteroatoms. The smallest absolute Gasteiger partial charge is 0.341 e. The van der Waals surface area contributed by atoms with E-state index in [0.717, 1.165) is 28.1 Å². The van der Waals surface area contributed by atoms with Crippen molar-refractivity contribution in [3.05, 3.63) is 45.8 Å². The van der Waals surface area contributed by atoms with Crippen LogP contribution in [0.25, 0.3) is 0 Å². The molecular formula is C20H22N2O4S. The molecule has 1 aromatic heterocycles. The van der Waals surface area contributed by atoms with Crippen LogP contribution in [0.5, 0.6) is 0 Å². The highest BCUT2D eigenvalue weighted by molar-refractivity contribution is 7.16. The number of para-hydroxylation sites is 1. The molecule has 27 heavy (non-hydrogen) atoms. The molecule has 1 aliphatic rings. The number of hydrogen-bond donors (Lipinski definition) is 1.